The van der Waals surface area contributed by atoms with E-state index in [1.165, 1.54) is 12.1 Å². The Bertz CT molecular complexity index is 897. The van der Waals surface area contributed by atoms with E-state index in [1.807, 2.05) is 4.90 Å². The van der Waals surface area contributed by atoms with Crippen molar-refractivity contribution in [2.45, 2.75) is 19.8 Å². The Hall–Kier alpha value is -2.26. The summed E-state index contributed by atoms with van der Waals surface area (Å²) in [5.41, 5.74) is 0.891. The molecule has 1 amide bonds. The Morgan fingerprint density at radius 2 is 2.15 bits per heavy atom. The highest BCUT2D eigenvalue weighted by molar-refractivity contribution is 9.10. The lowest BCUT2D eigenvalue weighted by Crippen LogP contribution is -2.38. The second-order valence-electron chi connectivity index (χ2n) is 6.23. The quantitative estimate of drug-likeness (QED) is 0.747. The molecule has 1 fully saturated rings. The van der Waals surface area contributed by atoms with Gasteiger partial charge in [-0.1, -0.05) is 15.9 Å². The van der Waals surface area contributed by atoms with Crippen molar-refractivity contribution in [1.29, 1.82) is 0 Å². The zero-order valence-electron chi connectivity index (χ0n) is 14.8. The molecule has 2 aromatic rings. The fourth-order valence-corrected chi connectivity index (χ4v) is 3.19. The van der Waals surface area contributed by atoms with Gasteiger partial charge in [0.15, 0.2) is 0 Å². The molecule has 0 atom stereocenters. The van der Waals surface area contributed by atoms with E-state index in [1.54, 1.807) is 13.0 Å². The van der Waals surface area contributed by atoms with Gasteiger partial charge in [0, 0.05) is 35.2 Å². The molecule has 3 rings (SSSR count). The lowest BCUT2D eigenvalue weighted by molar-refractivity contribution is -0.116. The van der Waals surface area contributed by atoms with E-state index in [9.17, 15) is 14.0 Å². The summed E-state index contributed by atoms with van der Waals surface area (Å²) in [6, 6.07) is 4.40. The molecule has 0 bridgehead atoms. The molecule has 0 aliphatic carbocycles. The molecule has 1 aliphatic heterocycles. The number of hydrogen-bond donors (Lipinski definition) is 2. The maximum atomic E-state index is 13.8. The molecule has 1 saturated heterocycles. The number of rotatable bonds is 5. The van der Waals surface area contributed by atoms with E-state index < -0.39 is 5.82 Å². The van der Waals surface area contributed by atoms with E-state index in [2.05, 4.69) is 31.2 Å². The Kier molecular flexibility index (Phi) is 6.22. The molecule has 7 nitrogen and oxygen atoms in total. The maximum absolute atomic E-state index is 13.8. The number of morpholine rings is 1. The minimum Gasteiger partial charge on any atom is -0.378 e. The van der Waals surface area contributed by atoms with Gasteiger partial charge in [-0.15, -0.1) is 0 Å². The second-order valence-corrected chi connectivity index (χ2v) is 7.14. The van der Waals surface area contributed by atoms with Gasteiger partial charge >= 0.3 is 0 Å². The first-order valence-electron chi connectivity index (χ1n) is 8.61. The zero-order valence-corrected chi connectivity index (χ0v) is 16.4. The number of aromatic amines is 1. The van der Waals surface area contributed by atoms with E-state index in [4.69, 9.17) is 4.74 Å². The number of amides is 1. The number of carbonyl (C=O) groups is 1. The molecule has 27 heavy (non-hydrogen) atoms. The van der Waals surface area contributed by atoms with Crippen LogP contribution in [0.2, 0.25) is 0 Å². The average molecular weight is 439 g/mol. The SMILES string of the molecule is Cc1nc(N2CCOCC2)[nH]c(=O)c1CCC(=O)Nc1ccc(Br)cc1F. The number of halogens is 2. The highest BCUT2D eigenvalue weighted by atomic mass is 79.9. The predicted molar refractivity (Wildman–Crippen MR) is 104 cm³/mol. The normalized spacial score (nSPS) is 14.3. The summed E-state index contributed by atoms with van der Waals surface area (Å²) >= 11 is 3.17. The fourth-order valence-electron chi connectivity index (χ4n) is 2.86. The van der Waals surface area contributed by atoms with Crippen LogP contribution in [0.4, 0.5) is 16.0 Å². The molecule has 2 heterocycles. The number of ether oxygens (including phenoxy) is 1. The van der Waals surface area contributed by atoms with Crippen molar-refractivity contribution in [2.24, 2.45) is 0 Å². The average Bonchev–Trinajstić information content (AvgIpc) is 2.64. The Balaban J connectivity index is 1.65. The van der Waals surface area contributed by atoms with Gasteiger partial charge in [-0.3, -0.25) is 14.6 Å². The van der Waals surface area contributed by atoms with Crippen molar-refractivity contribution in [1.82, 2.24) is 9.97 Å². The Morgan fingerprint density at radius 1 is 1.41 bits per heavy atom. The molecule has 1 aromatic carbocycles. The van der Waals surface area contributed by atoms with Gasteiger partial charge < -0.3 is 15.0 Å². The van der Waals surface area contributed by atoms with Crippen LogP contribution in [-0.2, 0) is 16.0 Å². The topological polar surface area (TPSA) is 87.3 Å². The van der Waals surface area contributed by atoms with Gasteiger partial charge in [0.05, 0.1) is 18.9 Å². The monoisotopic (exact) mass is 438 g/mol. The van der Waals surface area contributed by atoms with Gasteiger partial charge in [-0.2, -0.15) is 0 Å². The van der Waals surface area contributed by atoms with Crippen LogP contribution in [0.3, 0.4) is 0 Å². The minimum absolute atomic E-state index is 0.0536. The van der Waals surface area contributed by atoms with Crippen molar-refractivity contribution >= 4 is 33.5 Å². The standard InChI is InChI=1S/C18H20BrFN4O3/c1-11-13(17(26)23-18(21-11)24-6-8-27-9-7-24)3-5-16(25)22-15-4-2-12(19)10-14(15)20/h2,4,10H,3,5-9H2,1H3,(H,22,25)(H,21,23,26). The summed E-state index contributed by atoms with van der Waals surface area (Å²) in [5, 5.41) is 2.52. The number of aromatic nitrogens is 2. The number of anilines is 2. The van der Waals surface area contributed by atoms with Crippen LogP contribution in [0, 0.1) is 12.7 Å². The number of benzene rings is 1. The van der Waals surface area contributed by atoms with Crippen molar-refractivity contribution in [3.8, 4) is 0 Å². The van der Waals surface area contributed by atoms with E-state index >= 15 is 0 Å². The Labute approximate surface area is 164 Å². The highest BCUT2D eigenvalue weighted by Crippen LogP contribution is 2.19. The number of nitrogens with one attached hydrogen (secondary N) is 2. The molecular weight excluding hydrogens is 419 g/mol. The second kappa shape index (κ2) is 8.62. The first-order valence-corrected chi connectivity index (χ1v) is 9.40. The molecule has 9 heteroatoms. The summed E-state index contributed by atoms with van der Waals surface area (Å²) in [5.74, 6) is -0.374. The van der Waals surface area contributed by atoms with Crippen molar-refractivity contribution in [3.05, 3.63) is 50.1 Å². The van der Waals surface area contributed by atoms with Crippen molar-refractivity contribution in [3.63, 3.8) is 0 Å². The molecule has 1 aromatic heterocycles. The van der Waals surface area contributed by atoms with E-state index in [0.717, 1.165) is 0 Å². The van der Waals surface area contributed by atoms with Crippen LogP contribution >= 0.6 is 15.9 Å². The smallest absolute Gasteiger partial charge is 0.255 e. The zero-order chi connectivity index (χ0) is 19.4. The third kappa shape index (κ3) is 4.92. The van der Waals surface area contributed by atoms with Gasteiger partial charge in [0.1, 0.15) is 5.82 Å². The van der Waals surface area contributed by atoms with E-state index in [0.29, 0.717) is 48.0 Å². The number of H-pyrrole nitrogens is 1. The van der Waals surface area contributed by atoms with E-state index in [-0.39, 0.29) is 30.0 Å². The van der Waals surface area contributed by atoms with Crippen LogP contribution in [-0.4, -0.2) is 42.2 Å². The molecule has 0 spiro atoms. The molecule has 1 aliphatic rings. The number of aryl methyl sites for hydroxylation is 1. The summed E-state index contributed by atoms with van der Waals surface area (Å²) < 4.78 is 19.7. The number of carbonyl (C=O) groups excluding carboxylic acids is 1. The van der Waals surface area contributed by atoms with Crippen molar-refractivity contribution in [2.75, 3.05) is 36.5 Å². The molecule has 0 radical (unpaired) electrons. The molecule has 144 valence electrons. The summed E-state index contributed by atoms with van der Waals surface area (Å²) in [6.45, 7) is 4.28. The van der Waals surface area contributed by atoms with Gasteiger partial charge in [-0.05, 0) is 31.5 Å². The Morgan fingerprint density at radius 3 is 2.81 bits per heavy atom. The molecule has 0 saturated carbocycles. The van der Waals surface area contributed by atoms with Gasteiger partial charge in [0.25, 0.3) is 5.56 Å². The lowest BCUT2D eigenvalue weighted by atomic mass is 10.1. The number of nitrogens with zero attached hydrogens (tertiary/aromatic N) is 2. The first kappa shape index (κ1) is 19.5. The summed E-state index contributed by atoms with van der Waals surface area (Å²) in [4.78, 5) is 33.7. The minimum atomic E-state index is -0.525. The van der Waals surface area contributed by atoms with Crippen LogP contribution in [0.15, 0.2) is 27.5 Å². The third-order valence-electron chi connectivity index (χ3n) is 4.33. The maximum Gasteiger partial charge on any atom is 0.255 e. The van der Waals surface area contributed by atoms with Crippen molar-refractivity contribution < 1.29 is 13.9 Å². The predicted octanol–water partition coefficient (Wildman–Crippen LogP) is 2.39. The van der Waals surface area contributed by atoms with Gasteiger partial charge in [0.2, 0.25) is 11.9 Å². The van der Waals surface area contributed by atoms with Crippen LogP contribution < -0.4 is 15.8 Å². The molecule has 0 unspecified atom stereocenters. The summed E-state index contributed by atoms with van der Waals surface area (Å²) in [7, 11) is 0. The number of hydrogen-bond acceptors (Lipinski definition) is 5. The van der Waals surface area contributed by atoms with Crippen LogP contribution in [0.1, 0.15) is 17.7 Å². The van der Waals surface area contributed by atoms with Gasteiger partial charge in [-0.25, -0.2) is 9.37 Å². The summed E-state index contributed by atoms with van der Waals surface area (Å²) in [6.07, 6.45) is 0.277. The van der Waals surface area contributed by atoms with Crippen LogP contribution in [0.5, 0.6) is 0 Å². The largest absolute Gasteiger partial charge is 0.378 e. The third-order valence-corrected chi connectivity index (χ3v) is 4.82. The lowest BCUT2D eigenvalue weighted by Gasteiger charge is -2.27. The molecule has 2 N–H and O–H groups in total. The van der Waals surface area contributed by atoms with Crippen LogP contribution in [0.25, 0.3) is 0 Å². The highest BCUT2D eigenvalue weighted by Gasteiger charge is 2.17. The fraction of sp³-hybridized carbons (Fsp3) is 0.389. The first-order chi connectivity index (χ1) is 12.9. The molecular formula is C18H20BrFN4O3.